The zero-order chi connectivity index (χ0) is 15.6. The van der Waals surface area contributed by atoms with Crippen LogP contribution in [-0.4, -0.2) is 29.6 Å². The van der Waals surface area contributed by atoms with Gasteiger partial charge in [-0.25, -0.2) is 0 Å². The molecular weight excluding hydrogens is 280 g/mol. The maximum atomic E-state index is 12.1. The Balaban J connectivity index is 1.97. The average molecular weight is 302 g/mol. The van der Waals surface area contributed by atoms with Gasteiger partial charge < -0.3 is 9.47 Å². The van der Waals surface area contributed by atoms with Crippen LogP contribution in [0.1, 0.15) is 51.0 Å². The molecule has 1 aromatic rings. The van der Waals surface area contributed by atoms with Crippen molar-refractivity contribution in [2.24, 2.45) is 5.10 Å². The Morgan fingerprint density at radius 1 is 1.23 bits per heavy atom. The largest absolute Gasteiger partial charge is 0.496 e. The SMILES string of the molecule is COc1ccccc1C1=NN(C(C)=O)C2(CCCCCC2)O1. The lowest BCUT2D eigenvalue weighted by molar-refractivity contribution is -0.149. The molecule has 0 aromatic heterocycles. The molecule has 118 valence electrons. The van der Waals surface area contributed by atoms with Gasteiger partial charge in [-0.1, -0.05) is 25.0 Å². The Morgan fingerprint density at radius 3 is 2.55 bits per heavy atom. The summed E-state index contributed by atoms with van der Waals surface area (Å²) in [6, 6.07) is 7.60. The molecular formula is C17H22N2O3. The van der Waals surface area contributed by atoms with Crippen LogP contribution >= 0.6 is 0 Å². The average Bonchev–Trinajstić information content (AvgIpc) is 2.73. The van der Waals surface area contributed by atoms with Gasteiger partial charge in [-0.2, -0.15) is 5.01 Å². The van der Waals surface area contributed by atoms with Gasteiger partial charge in [0, 0.05) is 19.8 Å². The van der Waals surface area contributed by atoms with Gasteiger partial charge in [-0.3, -0.25) is 4.79 Å². The normalized spacial score (nSPS) is 20.3. The molecule has 5 heteroatoms. The number of hydrogen-bond acceptors (Lipinski definition) is 4. The smallest absolute Gasteiger partial charge is 0.244 e. The van der Waals surface area contributed by atoms with Crippen LogP contribution in [-0.2, 0) is 9.53 Å². The van der Waals surface area contributed by atoms with E-state index >= 15 is 0 Å². The minimum absolute atomic E-state index is 0.0770. The highest BCUT2D eigenvalue weighted by molar-refractivity contribution is 5.99. The Bertz CT molecular complexity index is 589. The second kappa shape index (κ2) is 5.99. The first kappa shape index (κ1) is 14.9. The summed E-state index contributed by atoms with van der Waals surface area (Å²) in [7, 11) is 1.62. The van der Waals surface area contributed by atoms with Crippen molar-refractivity contribution in [3.63, 3.8) is 0 Å². The molecule has 3 rings (SSSR count). The van der Waals surface area contributed by atoms with Crippen molar-refractivity contribution in [3.05, 3.63) is 29.8 Å². The molecule has 1 heterocycles. The predicted molar refractivity (Wildman–Crippen MR) is 83.6 cm³/mol. The summed E-state index contributed by atoms with van der Waals surface area (Å²) in [6.45, 7) is 1.55. The van der Waals surface area contributed by atoms with Crippen molar-refractivity contribution in [1.82, 2.24) is 5.01 Å². The Kier molecular flexibility index (Phi) is 4.05. The number of ether oxygens (including phenoxy) is 2. The van der Waals surface area contributed by atoms with Gasteiger partial charge in [-0.05, 0) is 25.0 Å². The van der Waals surface area contributed by atoms with Crippen molar-refractivity contribution in [2.45, 2.75) is 51.2 Å². The molecule has 0 radical (unpaired) electrons. The van der Waals surface area contributed by atoms with Gasteiger partial charge in [-0.15, -0.1) is 5.10 Å². The van der Waals surface area contributed by atoms with Crippen molar-refractivity contribution < 1.29 is 14.3 Å². The fourth-order valence-corrected chi connectivity index (χ4v) is 3.31. The lowest BCUT2D eigenvalue weighted by Gasteiger charge is -2.33. The molecule has 1 aromatic carbocycles. The fourth-order valence-electron chi connectivity index (χ4n) is 3.31. The van der Waals surface area contributed by atoms with Gasteiger partial charge in [0.15, 0.2) is 0 Å². The topological polar surface area (TPSA) is 51.1 Å². The van der Waals surface area contributed by atoms with Crippen molar-refractivity contribution >= 4 is 11.8 Å². The molecule has 1 aliphatic carbocycles. The molecule has 1 spiro atoms. The first-order chi connectivity index (χ1) is 10.7. The number of benzene rings is 1. The molecule has 0 saturated heterocycles. The van der Waals surface area contributed by atoms with Crippen LogP contribution in [0.15, 0.2) is 29.4 Å². The number of carbonyl (C=O) groups excluding carboxylic acids is 1. The quantitative estimate of drug-likeness (QED) is 0.842. The van der Waals surface area contributed by atoms with E-state index in [4.69, 9.17) is 9.47 Å². The van der Waals surface area contributed by atoms with E-state index in [1.165, 1.54) is 12.8 Å². The second-order valence-corrected chi connectivity index (χ2v) is 5.90. The van der Waals surface area contributed by atoms with Gasteiger partial charge >= 0.3 is 0 Å². The van der Waals surface area contributed by atoms with Gasteiger partial charge in [0.25, 0.3) is 0 Å². The number of rotatable bonds is 2. The van der Waals surface area contributed by atoms with E-state index in [9.17, 15) is 4.79 Å². The molecule has 22 heavy (non-hydrogen) atoms. The summed E-state index contributed by atoms with van der Waals surface area (Å²) in [4.78, 5) is 12.1. The fraction of sp³-hybridized carbons (Fsp3) is 0.529. The number of hydrogen-bond donors (Lipinski definition) is 0. The minimum Gasteiger partial charge on any atom is -0.496 e. The standard InChI is InChI=1S/C17H22N2O3/c1-13(20)19-17(11-7-3-4-8-12-17)22-16(18-19)14-9-5-6-10-15(14)21-2/h5-6,9-10H,3-4,7-8,11-12H2,1-2H3. The predicted octanol–water partition coefficient (Wildman–Crippen LogP) is 3.29. The molecule has 1 amide bonds. The van der Waals surface area contributed by atoms with Crippen LogP contribution in [0.5, 0.6) is 5.75 Å². The van der Waals surface area contributed by atoms with Gasteiger partial charge in [0.1, 0.15) is 5.75 Å². The summed E-state index contributed by atoms with van der Waals surface area (Å²) in [5.41, 5.74) is 0.177. The second-order valence-electron chi connectivity index (χ2n) is 5.90. The summed E-state index contributed by atoms with van der Waals surface area (Å²) < 4.78 is 11.6. The molecule has 0 unspecified atom stereocenters. The van der Waals surface area contributed by atoms with E-state index in [0.29, 0.717) is 11.6 Å². The highest BCUT2D eigenvalue weighted by atomic mass is 16.6. The van der Waals surface area contributed by atoms with E-state index in [1.807, 2.05) is 24.3 Å². The van der Waals surface area contributed by atoms with Crippen LogP contribution in [0, 0.1) is 0 Å². The molecule has 0 N–H and O–H groups in total. The van der Waals surface area contributed by atoms with E-state index < -0.39 is 5.72 Å². The number of amides is 1. The molecule has 1 saturated carbocycles. The Morgan fingerprint density at radius 2 is 1.91 bits per heavy atom. The van der Waals surface area contributed by atoms with E-state index in [0.717, 1.165) is 31.2 Å². The number of carbonyl (C=O) groups is 1. The Labute approximate surface area is 130 Å². The van der Waals surface area contributed by atoms with Gasteiger partial charge in [0.05, 0.1) is 12.7 Å². The summed E-state index contributed by atoms with van der Waals surface area (Å²) in [6.07, 6.45) is 6.13. The van der Waals surface area contributed by atoms with Crippen LogP contribution < -0.4 is 4.74 Å². The van der Waals surface area contributed by atoms with Crippen molar-refractivity contribution in [3.8, 4) is 5.75 Å². The summed E-state index contributed by atoms with van der Waals surface area (Å²) in [5, 5.41) is 6.02. The molecule has 0 bridgehead atoms. The third-order valence-electron chi connectivity index (χ3n) is 4.38. The maximum Gasteiger partial charge on any atom is 0.244 e. The van der Waals surface area contributed by atoms with Crippen molar-refractivity contribution in [2.75, 3.05) is 7.11 Å². The number of methoxy groups -OCH3 is 1. The van der Waals surface area contributed by atoms with Crippen LogP contribution in [0.4, 0.5) is 0 Å². The lowest BCUT2D eigenvalue weighted by Crippen LogP contribution is -2.46. The van der Waals surface area contributed by atoms with E-state index in [2.05, 4.69) is 5.10 Å². The highest BCUT2D eigenvalue weighted by Crippen LogP contribution is 2.39. The van der Waals surface area contributed by atoms with E-state index in [-0.39, 0.29) is 5.91 Å². The number of nitrogens with zero attached hydrogens (tertiary/aromatic N) is 2. The van der Waals surface area contributed by atoms with Crippen LogP contribution in [0.2, 0.25) is 0 Å². The lowest BCUT2D eigenvalue weighted by atomic mass is 10.0. The third kappa shape index (κ3) is 2.56. The summed E-state index contributed by atoms with van der Waals surface area (Å²) >= 11 is 0. The monoisotopic (exact) mass is 302 g/mol. The maximum absolute atomic E-state index is 12.1. The zero-order valence-electron chi connectivity index (χ0n) is 13.2. The number of para-hydroxylation sites is 1. The molecule has 1 aliphatic heterocycles. The van der Waals surface area contributed by atoms with E-state index in [1.54, 1.807) is 19.0 Å². The number of hydrazone groups is 1. The minimum atomic E-state index is -0.613. The molecule has 0 atom stereocenters. The zero-order valence-corrected chi connectivity index (χ0v) is 13.2. The third-order valence-corrected chi connectivity index (χ3v) is 4.38. The first-order valence-corrected chi connectivity index (χ1v) is 7.88. The van der Waals surface area contributed by atoms with Crippen LogP contribution in [0.3, 0.4) is 0 Å². The highest BCUT2D eigenvalue weighted by Gasteiger charge is 2.47. The first-order valence-electron chi connectivity index (χ1n) is 7.88. The van der Waals surface area contributed by atoms with Crippen molar-refractivity contribution in [1.29, 1.82) is 0 Å². The van der Waals surface area contributed by atoms with Gasteiger partial charge in [0.2, 0.25) is 17.5 Å². The molecule has 1 fully saturated rings. The Hall–Kier alpha value is -2.04. The molecule has 2 aliphatic rings. The summed E-state index contributed by atoms with van der Waals surface area (Å²) in [5.74, 6) is 1.11. The van der Waals surface area contributed by atoms with Crippen LogP contribution in [0.25, 0.3) is 0 Å². The molecule has 5 nitrogen and oxygen atoms in total.